The topological polar surface area (TPSA) is 99.4 Å². The molecule has 1 aliphatic heterocycles. The Bertz CT molecular complexity index is 1580. The summed E-state index contributed by atoms with van der Waals surface area (Å²) in [6.45, 7) is 23.1. The second-order valence-electron chi connectivity index (χ2n) is 16.5. The van der Waals surface area contributed by atoms with Crippen molar-refractivity contribution in [2.24, 2.45) is 10.8 Å². The first-order valence-corrected chi connectivity index (χ1v) is 18.8. The zero-order valence-corrected chi connectivity index (χ0v) is 33.6. The standard InChI is InChI=1S/C46H66O6/c1-30(18-14-20-32(3)22-24-39-34(5)26-37(47)28-45(39,8)9)16-12-13-17-31(2)19-15-21-33(4)23-25-40-35(6)27-38(29-46(40,10)11)52-44-43(50)42(49)41(48)36(7)51-44/h12-25,36-38,41-44,47-50H,26-29H2,1-11H3. The van der Waals surface area contributed by atoms with E-state index in [2.05, 4.69) is 154 Å². The molecule has 4 N–H and O–H groups in total. The molecular formula is C46H66O6. The first-order valence-electron chi connectivity index (χ1n) is 18.8. The Morgan fingerprint density at radius 2 is 1.06 bits per heavy atom. The maximum absolute atomic E-state index is 10.4. The molecule has 52 heavy (non-hydrogen) atoms. The summed E-state index contributed by atoms with van der Waals surface area (Å²) in [7, 11) is 0. The van der Waals surface area contributed by atoms with Gasteiger partial charge in [0.05, 0.1) is 18.3 Å². The Labute approximate surface area is 314 Å². The van der Waals surface area contributed by atoms with Crippen LogP contribution < -0.4 is 0 Å². The van der Waals surface area contributed by atoms with Gasteiger partial charge in [-0.15, -0.1) is 0 Å². The summed E-state index contributed by atoms with van der Waals surface area (Å²) in [5.41, 5.74) is 9.59. The molecule has 0 bridgehead atoms. The van der Waals surface area contributed by atoms with Crippen LogP contribution >= 0.6 is 0 Å². The van der Waals surface area contributed by atoms with Gasteiger partial charge in [-0.25, -0.2) is 0 Å². The first-order chi connectivity index (χ1) is 24.3. The van der Waals surface area contributed by atoms with Crippen molar-refractivity contribution in [3.8, 4) is 0 Å². The molecule has 1 heterocycles. The van der Waals surface area contributed by atoms with E-state index < -0.39 is 30.7 Å². The van der Waals surface area contributed by atoms with Gasteiger partial charge in [0.1, 0.15) is 18.3 Å². The predicted octanol–water partition coefficient (Wildman–Crippen LogP) is 9.40. The third-order valence-electron chi connectivity index (χ3n) is 10.4. The van der Waals surface area contributed by atoms with Crippen molar-refractivity contribution in [3.05, 3.63) is 130 Å². The van der Waals surface area contributed by atoms with Gasteiger partial charge in [0.2, 0.25) is 0 Å². The van der Waals surface area contributed by atoms with E-state index in [0.717, 1.165) is 30.4 Å². The Morgan fingerprint density at radius 1 is 0.615 bits per heavy atom. The minimum absolute atomic E-state index is 0.0120. The van der Waals surface area contributed by atoms with E-state index in [-0.39, 0.29) is 23.0 Å². The average molecular weight is 715 g/mol. The molecule has 0 amide bonds. The maximum atomic E-state index is 10.4. The number of hydrogen-bond acceptors (Lipinski definition) is 6. The molecule has 0 radical (unpaired) electrons. The molecule has 1 saturated heterocycles. The SMILES string of the molecule is CC(C=CC=C(C)C=CC1=C(C)CC(O)CC1(C)C)=CC=CC=C(C)C=CC=C(C)C=CC1=C(C)CC(OC2OC(C)C(O)C(O)C2O)CC1(C)C. The fraction of sp³-hybridized carbons (Fsp3) is 0.522. The number of rotatable bonds is 12. The van der Waals surface area contributed by atoms with Crippen molar-refractivity contribution >= 4 is 0 Å². The summed E-state index contributed by atoms with van der Waals surface area (Å²) in [5.74, 6) is 0. The van der Waals surface area contributed by atoms with Crippen molar-refractivity contribution in [2.45, 2.75) is 145 Å². The average Bonchev–Trinajstić information content (AvgIpc) is 3.03. The molecule has 1 fully saturated rings. The summed E-state index contributed by atoms with van der Waals surface area (Å²) in [6.07, 6.45) is 26.9. The van der Waals surface area contributed by atoms with Gasteiger partial charge in [-0.3, -0.25) is 0 Å². The molecule has 0 aromatic carbocycles. The van der Waals surface area contributed by atoms with Gasteiger partial charge in [0, 0.05) is 0 Å². The minimum Gasteiger partial charge on any atom is -0.393 e. The van der Waals surface area contributed by atoms with Crippen LogP contribution in [0.2, 0.25) is 0 Å². The first kappa shape index (κ1) is 43.3. The van der Waals surface area contributed by atoms with E-state index in [1.54, 1.807) is 6.92 Å². The van der Waals surface area contributed by atoms with Gasteiger partial charge >= 0.3 is 0 Å². The summed E-state index contributed by atoms with van der Waals surface area (Å²) >= 11 is 0. The van der Waals surface area contributed by atoms with E-state index in [1.807, 2.05) is 0 Å². The highest BCUT2D eigenvalue weighted by Crippen LogP contribution is 2.43. The van der Waals surface area contributed by atoms with Crippen molar-refractivity contribution in [1.29, 1.82) is 0 Å². The van der Waals surface area contributed by atoms with Gasteiger partial charge in [-0.2, -0.15) is 0 Å². The highest BCUT2D eigenvalue weighted by molar-refractivity contribution is 5.39. The highest BCUT2D eigenvalue weighted by atomic mass is 16.7. The Balaban J connectivity index is 1.51. The minimum atomic E-state index is -1.30. The van der Waals surface area contributed by atoms with Gasteiger partial charge in [-0.1, -0.05) is 146 Å². The molecular weight excluding hydrogens is 649 g/mol. The van der Waals surface area contributed by atoms with Crippen LogP contribution in [0.4, 0.5) is 0 Å². The molecule has 2 aliphatic carbocycles. The van der Waals surface area contributed by atoms with Crippen LogP contribution in [0.5, 0.6) is 0 Å². The monoisotopic (exact) mass is 714 g/mol. The van der Waals surface area contributed by atoms with E-state index in [0.29, 0.717) is 6.42 Å². The quantitative estimate of drug-likeness (QED) is 0.150. The van der Waals surface area contributed by atoms with Crippen LogP contribution in [0.25, 0.3) is 0 Å². The molecule has 7 atom stereocenters. The van der Waals surface area contributed by atoms with Crippen LogP contribution in [0.15, 0.2) is 130 Å². The number of allylic oxidation sites excluding steroid dienone is 20. The van der Waals surface area contributed by atoms with E-state index >= 15 is 0 Å². The van der Waals surface area contributed by atoms with Crippen molar-refractivity contribution < 1.29 is 29.9 Å². The number of hydrogen-bond donors (Lipinski definition) is 4. The molecule has 0 saturated carbocycles. The Morgan fingerprint density at radius 3 is 1.54 bits per heavy atom. The van der Waals surface area contributed by atoms with Crippen LogP contribution in [0.1, 0.15) is 102 Å². The molecule has 6 nitrogen and oxygen atoms in total. The van der Waals surface area contributed by atoms with Gasteiger partial charge in [0.15, 0.2) is 6.29 Å². The second-order valence-corrected chi connectivity index (χ2v) is 16.5. The summed E-state index contributed by atoms with van der Waals surface area (Å²) in [4.78, 5) is 0. The third kappa shape index (κ3) is 12.8. The molecule has 0 aromatic heterocycles. The van der Waals surface area contributed by atoms with Crippen molar-refractivity contribution in [2.75, 3.05) is 0 Å². The van der Waals surface area contributed by atoms with E-state index in [1.165, 1.54) is 33.4 Å². The molecule has 7 unspecified atom stereocenters. The molecule has 6 heteroatoms. The molecule has 3 rings (SSSR count). The lowest BCUT2D eigenvalue weighted by Gasteiger charge is -2.43. The Hall–Kier alpha value is -3.10. The lowest BCUT2D eigenvalue weighted by atomic mass is 9.71. The zero-order chi connectivity index (χ0) is 38.8. The molecule has 286 valence electrons. The number of aliphatic hydroxyl groups is 4. The summed E-state index contributed by atoms with van der Waals surface area (Å²) < 4.78 is 11.8. The lowest BCUT2D eigenvalue weighted by Crippen LogP contribution is -2.58. The summed E-state index contributed by atoms with van der Waals surface area (Å²) in [6, 6.07) is 0. The highest BCUT2D eigenvalue weighted by Gasteiger charge is 2.44. The van der Waals surface area contributed by atoms with Gasteiger partial charge < -0.3 is 29.9 Å². The maximum Gasteiger partial charge on any atom is 0.186 e. The van der Waals surface area contributed by atoms with Crippen LogP contribution in [-0.4, -0.2) is 63.3 Å². The predicted molar refractivity (Wildman–Crippen MR) is 215 cm³/mol. The van der Waals surface area contributed by atoms with E-state index in [9.17, 15) is 20.4 Å². The zero-order valence-electron chi connectivity index (χ0n) is 33.6. The largest absolute Gasteiger partial charge is 0.393 e. The van der Waals surface area contributed by atoms with Crippen molar-refractivity contribution in [3.63, 3.8) is 0 Å². The van der Waals surface area contributed by atoms with Crippen LogP contribution in [-0.2, 0) is 9.47 Å². The van der Waals surface area contributed by atoms with Gasteiger partial charge in [-0.05, 0) is 96.1 Å². The van der Waals surface area contributed by atoms with Crippen LogP contribution in [0, 0.1) is 10.8 Å². The fourth-order valence-corrected chi connectivity index (χ4v) is 7.51. The van der Waals surface area contributed by atoms with Gasteiger partial charge in [0.25, 0.3) is 0 Å². The van der Waals surface area contributed by atoms with Crippen molar-refractivity contribution in [1.82, 2.24) is 0 Å². The van der Waals surface area contributed by atoms with Crippen LogP contribution in [0.3, 0.4) is 0 Å². The smallest absolute Gasteiger partial charge is 0.186 e. The van der Waals surface area contributed by atoms with E-state index in [4.69, 9.17) is 9.47 Å². The fourth-order valence-electron chi connectivity index (χ4n) is 7.51. The molecule has 0 aromatic rings. The summed E-state index contributed by atoms with van der Waals surface area (Å²) in [5, 5.41) is 40.7. The third-order valence-corrected chi connectivity index (χ3v) is 10.4. The Kier molecular flexibility index (Phi) is 16.1. The second kappa shape index (κ2) is 19.3. The number of aliphatic hydroxyl groups excluding tert-OH is 4. The lowest BCUT2D eigenvalue weighted by molar-refractivity contribution is -0.305. The molecule has 0 spiro atoms. The molecule has 3 aliphatic rings. The normalized spacial score (nSPS) is 31.5. The number of ether oxygens (including phenoxy) is 2.